The van der Waals surface area contributed by atoms with Gasteiger partial charge in [0.15, 0.2) is 0 Å². The number of hydrogen-bond donors (Lipinski definition) is 1. The zero-order valence-corrected chi connectivity index (χ0v) is 16.7. The molecule has 0 saturated carbocycles. The first kappa shape index (κ1) is 18.3. The van der Waals surface area contributed by atoms with Crippen LogP contribution >= 0.6 is 0 Å². The molecule has 27 heavy (non-hydrogen) atoms. The van der Waals surface area contributed by atoms with Crippen LogP contribution < -0.4 is 14.2 Å². The first-order chi connectivity index (χ1) is 12.8. The van der Waals surface area contributed by atoms with E-state index >= 15 is 0 Å². The predicted molar refractivity (Wildman–Crippen MR) is 104 cm³/mol. The lowest BCUT2D eigenvalue weighted by atomic mass is 9.74. The van der Waals surface area contributed by atoms with Gasteiger partial charge in [-0.05, 0) is 54.8 Å². The van der Waals surface area contributed by atoms with Crippen LogP contribution in [0.1, 0.15) is 44.2 Å². The van der Waals surface area contributed by atoms with E-state index in [1.165, 1.54) is 0 Å². The normalized spacial score (nSPS) is 24.2. The summed E-state index contributed by atoms with van der Waals surface area (Å²) in [6, 6.07) is 12.2. The molecule has 5 nitrogen and oxygen atoms in total. The van der Waals surface area contributed by atoms with Crippen molar-refractivity contribution in [1.29, 1.82) is 0 Å². The summed E-state index contributed by atoms with van der Waals surface area (Å²) >= 11 is 0. The summed E-state index contributed by atoms with van der Waals surface area (Å²) in [5.74, 6) is 1.49. The zero-order chi connectivity index (χ0) is 19.2. The average Bonchev–Trinajstić information content (AvgIpc) is 2.93. The predicted octanol–water partition coefficient (Wildman–Crippen LogP) is 3.59. The van der Waals surface area contributed by atoms with Gasteiger partial charge in [-0.3, -0.25) is 0 Å². The molecule has 144 valence electrons. The van der Waals surface area contributed by atoms with E-state index in [0.717, 1.165) is 36.4 Å². The Morgan fingerprint density at radius 1 is 1.19 bits per heavy atom. The molecule has 4 rings (SSSR count). The van der Waals surface area contributed by atoms with Crippen molar-refractivity contribution >= 4 is 10.1 Å². The van der Waals surface area contributed by atoms with Gasteiger partial charge in [0.25, 0.3) is 0 Å². The minimum Gasteiger partial charge on any atom is -0.488 e. The quantitative estimate of drug-likeness (QED) is 0.812. The average molecular weight is 388 g/mol. The number of rotatable bonds is 4. The molecular formula is C21H25NO4S. The van der Waals surface area contributed by atoms with Gasteiger partial charge in [0.1, 0.15) is 22.5 Å². The van der Waals surface area contributed by atoms with Crippen LogP contribution in [0.15, 0.2) is 47.4 Å². The summed E-state index contributed by atoms with van der Waals surface area (Å²) in [5.41, 5.74) is 1.99. The fourth-order valence-electron chi connectivity index (χ4n) is 3.90. The maximum atomic E-state index is 12.7. The lowest BCUT2D eigenvalue weighted by molar-refractivity contribution is 0.124. The molecule has 0 spiro atoms. The Morgan fingerprint density at radius 2 is 1.93 bits per heavy atom. The maximum Gasteiger partial charge on any atom is 0.339 e. The van der Waals surface area contributed by atoms with Crippen LogP contribution in [0.5, 0.6) is 11.5 Å². The van der Waals surface area contributed by atoms with Crippen LogP contribution in [0.25, 0.3) is 0 Å². The third kappa shape index (κ3) is 3.21. The van der Waals surface area contributed by atoms with E-state index in [-0.39, 0.29) is 16.4 Å². The zero-order valence-electron chi connectivity index (χ0n) is 15.9. The standard InChI is InChI=1S/C21H25NO4S/c1-14(2)15-4-7-17(8-5-15)27(23,24)26-16-6-9-19-18(12-16)21(3)10-11-22-13-20(21)25-19/h4-9,12,14,20,22H,10-11,13H2,1-3H3. The minimum atomic E-state index is -3.88. The highest BCUT2D eigenvalue weighted by atomic mass is 32.2. The van der Waals surface area contributed by atoms with Gasteiger partial charge in [-0.1, -0.05) is 32.9 Å². The van der Waals surface area contributed by atoms with Crippen molar-refractivity contribution in [2.75, 3.05) is 13.1 Å². The summed E-state index contributed by atoms with van der Waals surface area (Å²) in [6.07, 6.45) is 1.01. The van der Waals surface area contributed by atoms with Crippen molar-refractivity contribution in [1.82, 2.24) is 5.32 Å². The number of piperidine rings is 1. The van der Waals surface area contributed by atoms with E-state index in [2.05, 4.69) is 26.1 Å². The third-order valence-corrected chi connectivity index (χ3v) is 7.00. The largest absolute Gasteiger partial charge is 0.488 e. The molecule has 0 amide bonds. The summed E-state index contributed by atoms with van der Waals surface area (Å²) in [7, 11) is -3.88. The molecule has 1 fully saturated rings. The molecule has 1 N–H and O–H groups in total. The molecule has 2 aromatic rings. The third-order valence-electron chi connectivity index (χ3n) is 5.74. The maximum absolute atomic E-state index is 12.7. The van der Waals surface area contributed by atoms with Crippen molar-refractivity contribution in [2.24, 2.45) is 0 Å². The van der Waals surface area contributed by atoms with Crippen molar-refractivity contribution in [3.8, 4) is 11.5 Å². The summed E-state index contributed by atoms with van der Waals surface area (Å²) in [4.78, 5) is 0.162. The van der Waals surface area contributed by atoms with Gasteiger partial charge in [0.05, 0.1) is 0 Å². The van der Waals surface area contributed by atoms with Gasteiger partial charge in [-0.25, -0.2) is 0 Å². The van der Waals surface area contributed by atoms with Crippen molar-refractivity contribution < 1.29 is 17.3 Å². The van der Waals surface area contributed by atoms with Gasteiger partial charge in [-0.15, -0.1) is 0 Å². The van der Waals surface area contributed by atoms with Crippen LogP contribution in [-0.2, 0) is 15.5 Å². The molecule has 0 radical (unpaired) electrons. The molecule has 1 saturated heterocycles. The van der Waals surface area contributed by atoms with Gasteiger partial charge in [0, 0.05) is 17.5 Å². The van der Waals surface area contributed by atoms with Crippen LogP contribution in [0, 0.1) is 0 Å². The first-order valence-electron chi connectivity index (χ1n) is 9.36. The molecule has 2 atom stereocenters. The fraction of sp³-hybridized carbons (Fsp3) is 0.429. The van der Waals surface area contributed by atoms with Gasteiger partial charge in [0.2, 0.25) is 0 Å². The Kier molecular flexibility index (Phi) is 4.43. The number of ether oxygens (including phenoxy) is 1. The lowest BCUT2D eigenvalue weighted by Gasteiger charge is -2.35. The first-order valence-corrected chi connectivity index (χ1v) is 10.8. The van der Waals surface area contributed by atoms with Crippen molar-refractivity contribution in [2.45, 2.75) is 49.5 Å². The van der Waals surface area contributed by atoms with Crippen LogP contribution in [0.2, 0.25) is 0 Å². The minimum absolute atomic E-state index is 0.0664. The lowest BCUT2D eigenvalue weighted by Crippen LogP contribution is -2.49. The second-order valence-corrected chi connectivity index (χ2v) is 9.44. The van der Waals surface area contributed by atoms with E-state index < -0.39 is 10.1 Å². The summed E-state index contributed by atoms with van der Waals surface area (Å²) in [5, 5.41) is 3.35. The molecule has 2 aliphatic heterocycles. The van der Waals surface area contributed by atoms with E-state index in [9.17, 15) is 8.42 Å². The summed E-state index contributed by atoms with van der Waals surface area (Å²) in [6.45, 7) is 8.03. The van der Waals surface area contributed by atoms with Crippen molar-refractivity contribution in [3.05, 3.63) is 53.6 Å². The van der Waals surface area contributed by atoms with Gasteiger partial charge in [-0.2, -0.15) is 8.42 Å². The Hall–Kier alpha value is -2.05. The Balaban J connectivity index is 1.61. The van der Waals surface area contributed by atoms with E-state index in [4.69, 9.17) is 8.92 Å². The van der Waals surface area contributed by atoms with Crippen LogP contribution in [0.4, 0.5) is 0 Å². The Bertz CT molecular complexity index is 953. The Morgan fingerprint density at radius 3 is 2.63 bits per heavy atom. The second kappa shape index (κ2) is 6.53. The van der Waals surface area contributed by atoms with Crippen molar-refractivity contribution in [3.63, 3.8) is 0 Å². The SMILES string of the molecule is CC(C)c1ccc(S(=O)(=O)Oc2ccc3c(c2)C2(C)CCNCC2O3)cc1. The molecule has 2 aromatic carbocycles. The number of nitrogens with one attached hydrogen (secondary N) is 1. The number of fused-ring (bicyclic) bond motifs is 3. The molecule has 2 aliphatic rings. The van der Waals surface area contributed by atoms with E-state index in [1.54, 1.807) is 18.2 Å². The van der Waals surface area contributed by atoms with Gasteiger partial charge >= 0.3 is 10.1 Å². The molecule has 2 heterocycles. The van der Waals surface area contributed by atoms with Gasteiger partial charge < -0.3 is 14.2 Å². The monoisotopic (exact) mass is 387 g/mol. The topological polar surface area (TPSA) is 64.6 Å². The highest BCUT2D eigenvalue weighted by Crippen LogP contribution is 2.47. The highest BCUT2D eigenvalue weighted by Gasteiger charge is 2.46. The number of benzene rings is 2. The molecule has 2 unspecified atom stereocenters. The molecule has 0 aromatic heterocycles. The van der Waals surface area contributed by atoms with Crippen LogP contribution in [-0.4, -0.2) is 27.6 Å². The molecule has 0 aliphatic carbocycles. The van der Waals surface area contributed by atoms with E-state index in [1.807, 2.05) is 24.3 Å². The number of hydrogen-bond acceptors (Lipinski definition) is 5. The molecule has 0 bridgehead atoms. The second-order valence-electron chi connectivity index (χ2n) is 7.90. The fourth-order valence-corrected chi connectivity index (χ4v) is 4.83. The highest BCUT2D eigenvalue weighted by molar-refractivity contribution is 7.87. The summed E-state index contributed by atoms with van der Waals surface area (Å²) < 4.78 is 36.9. The van der Waals surface area contributed by atoms with E-state index in [0.29, 0.717) is 11.7 Å². The molecular weight excluding hydrogens is 362 g/mol. The van der Waals surface area contributed by atoms with Crippen LogP contribution in [0.3, 0.4) is 0 Å². The Labute approximate surface area is 160 Å². The molecule has 6 heteroatoms. The smallest absolute Gasteiger partial charge is 0.339 e.